The van der Waals surface area contributed by atoms with E-state index in [1.807, 2.05) is 79.7 Å². The summed E-state index contributed by atoms with van der Waals surface area (Å²) in [6.07, 6.45) is 0. The van der Waals surface area contributed by atoms with Gasteiger partial charge in [0.1, 0.15) is 18.1 Å². The summed E-state index contributed by atoms with van der Waals surface area (Å²) in [5, 5.41) is 2.93. The van der Waals surface area contributed by atoms with Crippen LogP contribution < -0.4 is 14.8 Å². The highest BCUT2D eigenvalue weighted by molar-refractivity contribution is 5.78. The zero-order valence-corrected chi connectivity index (χ0v) is 15.3. The Morgan fingerprint density at radius 2 is 1.37 bits per heavy atom. The lowest BCUT2D eigenvalue weighted by molar-refractivity contribution is -0.123. The Morgan fingerprint density at radius 3 is 2.00 bits per heavy atom. The fourth-order valence-electron chi connectivity index (χ4n) is 2.63. The molecule has 0 aromatic heterocycles. The van der Waals surface area contributed by atoms with Crippen LogP contribution in [-0.2, 0) is 11.4 Å². The predicted molar refractivity (Wildman–Crippen MR) is 106 cm³/mol. The van der Waals surface area contributed by atoms with Crippen molar-refractivity contribution in [3.63, 3.8) is 0 Å². The minimum atomic E-state index is -0.157. The Bertz CT molecular complexity index is 833. The topological polar surface area (TPSA) is 47.6 Å². The number of hydrogen-bond donors (Lipinski definition) is 1. The van der Waals surface area contributed by atoms with E-state index in [0.717, 1.165) is 16.9 Å². The summed E-state index contributed by atoms with van der Waals surface area (Å²) < 4.78 is 11.3. The summed E-state index contributed by atoms with van der Waals surface area (Å²) >= 11 is 0. The van der Waals surface area contributed by atoms with Gasteiger partial charge in [0.05, 0.1) is 6.04 Å². The fourth-order valence-corrected chi connectivity index (χ4v) is 2.63. The van der Waals surface area contributed by atoms with Gasteiger partial charge in [0, 0.05) is 0 Å². The second kappa shape index (κ2) is 9.43. The number of rotatable bonds is 8. The highest BCUT2D eigenvalue weighted by atomic mass is 16.5. The maximum absolute atomic E-state index is 12.1. The van der Waals surface area contributed by atoms with Gasteiger partial charge in [-0.3, -0.25) is 4.79 Å². The Balaban J connectivity index is 1.43. The van der Waals surface area contributed by atoms with Gasteiger partial charge in [-0.1, -0.05) is 60.7 Å². The first-order valence-electron chi connectivity index (χ1n) is 8.94. The van der Waals surface area contributed by atoms with E-state index < -0.39 is 0 Å². The van der Waals surface area contributed by atoms with Gasteiger partial charge in [0.25, 0.3) is 5.91 Å². The van der Waals surface area contributed by atoms with E-state index in [1.165, 1.54) is 0 Å². The number of hydrogen-bond acceptors (Lipinski definition) is 3. The third-order valence-electron chi connectivity index (χ3n) is 4.12. The summed E-state index contributed by atoms with van der Waals surface area (Å²) in [5.74, 6) is 1.23. The first kappa shape index (κ1) is 18.5. The van der Waals surface area contributed by atoms with Crippen LogP contribution in [0.4, 0.5) is 0 Å². The van der Waals surface area contributed by atoms with Gasteiger partial charge >= 0.3 is 0 Å². The average Bonchev–Trinajstić information content (AvgIpc) is 2.73. The Labute approximate surface area is 159 Å². The Morgan fingerprint density at radius 1 is 0.815 bits per heavy atom. The molecule has 3 rings (SSSR count). The molecule has 4 nitrogen and oxygen atoms in total. The predicted octanol–water partition coefficient (Wildman–Crippen LogP) is 4.52. The van der Waals surface area contributed by atoms with Gasteiger partial charge < -0.3 is 14.8 Å². The number of ether oxygens (including phenoxy) is 2. The summed E-state index contributed by atoms with van der Waals surface area (Å²) in [4.78, 5) is 12.1. The van der Waals surface area contributed by atoms with E-state index in [1.54, 1.807) is 12.1 Å². The van der Waals surface area contributed by atoms with Gasteiger partial charge in [-0.05, 0) is 42.3 Å². The maximum atomic E-state index is 12.1. The van der Waals surface area contributed by atoms with Crippen molar-refractivity contribution < 1.29 is 14.3 Å². The second-order valence-corrected chi connectivity index (χ2v) is 6.23. The van der Waals surface area contributed by atoms with E-state index in [0.29, 0.717) is 12.4 Å². The minimum Gasteiger partial charge on any atom is -0.489 e. The van der Waals surface area contributed by atoms with Gasteiger partial charge in [-0.25, -0.2) is 0 Å². The Hall–Kier alpha value is -3.27. The third-order valence-corrected chi connectivity index (χ3v) is 4.12. The van der Waals surface area contributed by atoms with Crippen molar-refractivity contribution in [2.45, 2.75) is 19.6 Å². The molecule has 1 amide bonds. The van der Waals surface area contributed by atoms with Crippen LogP contribution in [0.1, 0.15) is 24.1 Å². The molecule has 138 valence electrons. The monoisotopic (exact) mass is 361 g/mol. The summed E-state index contributed by atoms with van der Waals surface area (Å²) in [6, 6.07) is 27.0. The van der Waals surface area contributed by atoms with E-state index >= 15 is 0 Å². The van der Waals surface area contributed by atoms with Gasteiger partial charge in [0.2, 0.25) is 0 Å². The van der Waals surface area contributed by atoms with Crippen LogP contribution in [0.25, 0.3) is 0 Å². The molecule has 1 atom stereocenters. The first-order valence-corrected chi connectivity index (χ1v) is 8.94. The van der Waals surface area contributed by atoms with Crippen LogP contribution in [0.2, 0.25) is 0 Å². The maximum Gasteiger partial charge on any atom is 0.258 e. The zero-order valence-electron chi connectivity index (χ0n) is 15.3. The molecule has 1 N–H and O–H groups in total. The molecule has 0 spiro atoms. The van der Waals surface area contributed by atoms with E-state index in [4.69, 9.17) is 9.47 Å². The molecule has 3 aromatic rings. The van der Waals surface area contributed by atoms with Crippen molar-refractivity contribution in [1.82, 2.24) is 5.32 Å². The number of nitrogens with one attached hydrogen (secondary N) is 1. The van der Waals surface area contributed by atoms with Crippen LogP contribution >= 0.6 is 0 Å². The molecule has 0 fully saturated rings. The molecule has 0 aliphatic carbocycles. The molecular formula is C23H23NO3. The van der Waals surface area contributed by atoms with Gasteiger partial charge in [0.15, 0.2) is 6.61 Å². The SMILES string of the molecule is C[C@H](NC(=O)COc1ccc(OCc2ccccc2)cc1)c1ccccc1. The molecule has 0 saturated heterocycles. The van der Waals surface area contributed by atoms with Crippen molar-refractivity contribution in [3.8, 4) is 11.5 Å². The summed E-state index contributed by atoms with van der Waals surface area (Å²) in [6.45, 7) is 2.44. The zero-order chi connectivity index (χ0) is 18.9. The van der Waals surface area contributed by atoms with Crippen molar-refractivity contribution >= 4 is 5.91 Å². The average molecular weight is 361 g/mol. The van der Waals surface area contributed by atoms with Gasteiger partial charge in [-0.15, -0.1) is 0 Å². The fraction of sp³-hybridized carbons (Fsp3) is 0.174. The third kappa shape index (κ3) is 5.89. The quantitative estimate of drug-likeness (QED) is 0.642. The number of amides is 1. The smallest absolute Gasteiger partial charge is 0.258 e. The molecule has 0 bridgehead atoms. The van der Waals surface area contributed by atoms with Crippen molar-refractivity contribution in [3.05, 3.63) is 96.1 Å². The molecule has 0 saturated carbocycles. The van der Waals surface area contributed by atoms with Crippen LogP contribution in [0.5, 0.6) is 11.5 Å². The molecule has 0 aliphatic rings. The standard InChI is InChI=1S/C23H23NO3/c1-18(20-10-6-3-7-11-20)24-23(25)17-27-22-14-12-21(13-15-22)26-16-19-8-4-2-5-9-19/h2-15,18H,16-17H2,1H3,(H,24,25)/t18-/m0/s1. The van der Waals surface area contributed by atoms with Crippen LogP contribution in [0, 0.1) is 0 Å². The normalized spacial score (nSPS) is 11.4. The lowest BCUT2D eigenvalue weighted by atomic mass is 10.1. The van der Waals surface area contributed by atoms with E-state index in [9.17, 15) is 4.79 Å². The van der Waals surface area contributed by atoms with E-state index in [2.05, 4.69) is 5.32 Å². The molecule has 4 heteroatoms. The number of carbonyl (C=O) groups excluding carboxylic acids is 1. The lowest BCUT2D eigenvalue weighted by Crippen LogP contribution is -2.31. The van der Waals surface area contributed by atoms with Crippen LogP contribution in [0.3, 0.4) is 0 Å². The minimum absolute atomic E-state index is 0.0264. The molecule has 0 aliphatic heterocycles. The first-order chi connectivity index (χ1) is 13.2. The van der Waals surface area contributed by atoms with Gasteiger partial charge in [-0.2, -0.15) is 0 Å². The lowest BCUT2D eigenvalue weighted by Gasteiger charge is -2.14. The van der Waals surface area contributed by atoms with Crippen LogP contribution in [-0.4, -0.2) is 12.5 Å². The molecular weight excluding hydrogens is 338 g/mol. The summed E-state index contributed by atoms with van der Waals surface area (Å²) in [5.41, 5.74) is 2.17. The Kier molecular flexibility index (Phi) is 6.47. The highest BCUT2D eigenvalue weighted by Gasteiger charge is 2.09. The van der Waals surface area contributed by atoms with Crippen molar-refractivity contribution in [2.24, 2.45) is 0 Å². The molecule has 0 unspecified atom stereocenters. The molecule has 27 heavy (non-hydrogen) atoms. The number of benzene rings is 3. The molecule has 0 heterocycles. The second-order valence-electron chi connectivity index (χ2n) is 6.23. The summed E-state index contributed by atoms with van der Waals surface area (Å²) in [7, 11) is 0. The highest BCUT2D eigenvalue weighted by Crippen LogP contribution is 2.19. The number of carbonyl (C=O) groups is 1. The van der Waals surface area contributed by atoms with Crippen LogP contribution in [0.15, 0.2) is 84.9 Å². The van der Waals surface area contributed by atoms with Crippen molar-refractivity contribution in [2.75, 3.05) is 6.61 Å². The van der Waals surface area contributed by atoms with Crippen molar-refractivity contribution in [1.29, 1.82) is 0 Å². The molecule has 3 aromatic carbocycles. The largest absolute Gasteiger partial charge is 0.489 e. The molecule has 0 radical (unpaired) electrons. The van der Waals surface area contributed by atoms with E-state index in [-0.39, 0.29) is 18.6 Å².